The topological polar surface area (TPSA) is 58.4 Å². The second-order valence-corrected chi connectivity index (χ2v) is 9.68. The van der Waals surface area contributed by atoms with Crippen LogP contribution < -0.4 is 11.1 Å². The maximum absolute atomic E-state index is 11.5. The summed E-state index contributed by atoms with van der Waals surface area (Å²) in [6, 6.07) is 9.44. The first-order valence-corrected chi connectivity index (χ1v) is 12.1. The van der Waals surface area contributed by atoms with E-state index in [1.54, 1.807) is 0 Å². The van der Waals surface area contributed by atoms with Gasteiger partial charge < -0.3 is 11.1 Å². The van der Waals surface area contributed by atoms with Crippen LogP contribution in [-0.2, 0) is 0 Å². The van der Waals surface area contributed by atoms with Crippen molar-refractivity contribution in [2.45, 2.75) is 88.6 Å². The number of piperidine rings is 1. The van der Waals surface area contributed by atoms with Gasteiger partial charge in [0, 0.05) is 30.7 Å². The minimum absolute atomic E-state index is 0.318. The number of hydrogen-bond acceptors (Lipinski definition) is 3. The van der Waals surface area contributed by atoms with Crippen LogP contribution in [0.3, 0.4) is 0 Å². The third-order valence-corrected chi connectivity index (χ3v) is 7.76. The van der Waals surface area contributed by atoms with E-state index in [0.717, 1.165) is 12.5 Å². The Kier molecular flexibility index (Phi) is 7.25. The first-order chi connectivity index (χ1) is 14.2. The van der Waals surface area contributed by atoms with Gasteiger partial charge in [-0.25, -0.2) is 0 Å². The molecule has 1 unspecified atom stereocenters. The van der Waals surface area contributed by atoms with Gasteiger partial charge in [-0.15, -0.1) is 0 Å². The van der Waals surface area contributed by atoms with Crippen molar-refractivity contribution in [1.29, 1.82) is 0 Å². The molecule has 1 aromatic rings. The van der Waals surface area contributed by atoms with Gasteiger partial charge in [0.25, 0.3) is 0 Å². The molecule has 160 valence electrons. The van der Waals surface area contributed by atoms with Crippen LogP contribution >= 0.6 is 0 Å². The summed E-state index contributed by atoms with van der Waals surface area (Å²) in [4.78, 5) is 14.3. The standard InChI is InChI=1S/C25H39N3O/c26-25(29)21-10-4-9-20(16-21)22-17-23-11-12-24(18-22)28(23)15-14-27-13-5-8-19-6-2-1-3-7-19/h4,9-10,16,19,22-24,27H,1-3,5-8,11-15,17-18H2,(H2,26,29)/t22?,23-,24+. The third kappa shape index (κ3) is 5.40. The van der Waals surface area contributed by atoms with Crippen LogP contribution in [0.2, 0.25) is 0 Å². The van der Waals surface area contributed by atoms with E-state index in [9.17, 15) is 4.79 Å². The fourth-order valence-electron chi connectivity index (χ4n) is 6.18. The highest BCUT2D eigenvalue weighted by Crippen LogP contribution is 2.42. The van der Waals surface area contributed by atoms with Crippen LogP contribution in [0.15, 0.2) is 24.3 Å². The van der Waals surface area contributed by atoms with E-state index < -0.39 is 0 Å². The number of nitrogens with two attached hydrogens (primary N) is 1. The second kappa shape index (κ2) is 10.1. The molecule has 4 heteroatoms. The van der Waals surface area contributed by atoms with E-state index in [0.29, 0.717) is 23.6 Å². The second-order valence-electron chi connectivity index (χ2n) is 9.68. The maximum Gasteiger partial charge on any atom is 0.248 e. The number of amides is 1. The minimum Gasteiger partial charge on any atom is -0.366 e. The summed E-state index contributed by atoms with van der Waals surface area (Å²) in [5, 5.41) is 3.71. The molecule has 1 saturated carbocycles. The molecule has 2 bridgehead atoms. The van der Waals surface area contributed by atoms with Gasteiger partial charge in [0.1, 0.15) is 0 Å². The van der Waals surface area contributed by atoms with Crippen LogP contribution in [-0.4, -0.2) is 42.5 Å². The molecule has 0 aromatic heterocycles. The van der Waals surface area contributed by atoms with Crippen LogP contribution in [0.5, 0.6) is 0 Å². The number of fused-ring (bicyclic) bond motifs is 2. The quantitative estimate of drug-likeness (QED) is 0.606. The summed E-state index contributed by atoms with van der Waals surface area (Å²) in [7, 11) is 0. The number of primary amides is 1. The zero-order valence-electron chi connectivity index (χ0n) is 18.0. The maximum atomic E-state index is 11.5. The van der Waals surface area contributed by atoms with E-state index in [1.807, 2.05) is 18.2 Å². The molecule has 1 aromatic carbocycles. The van der Waals surface area contributed by atoms with Crippen LogP contribution in [0.4, 0.5) is 0 Å². The molecule has 2 aliphatic heterocycles. The van der Waals surface area contributed by atoms with Gasteiger partial charge in [-0.2, -0.15) is 0 Å². The van der Waals surface area contributed by atoms with E-state index in [2.05, 4.69) is 16.3 Å². The van der Waals surface area contributed by atoms with E-state index in [4.69, 9.17) is 5.73 Å². The van der Waals surface area contributed by atoms with Gasteiger partial charge in [0.2, 0.25) is 5.91 Å². The molecule has 3 aliphatic rings. The number of carbonyl (C=O) groups is 1. The Morgan fingerprint density at radius 2 is 1.79 bits per heavy atom. The van der Waals surface area contributed by atoms with Crippen LogP contribution in [0, 0.1) is 5.92 Å². The molecule has 2 heterocycles. The average Bonchev–Trinajstić information content (AvgIpc) is 2.98. The molecule has 1 aliphatic carbocycles. The first-order valence-electron chi connectivity index (χ1n) is 12.1. The molecule has 0 spiro atoms. The van der Waals surface area contributed by atoms with Gasteiger partial charge in [0.15, 0.2) is 0 Å². The van der Waals surface area contributed by atoms with Crippen LogP contribution in [0.1, 0.15) is 92.5 Å². The largest absolute Gasteiger partial charge is 0.366 e. The Morgan fingerprint density at radius 1 is 1.03 bits per heavy atom. The Balaban J connectivity index is 1.19. The highest BCUT2D eigenvalue weighted by atomic mass is 16.1. The molecular weight excluding hydrogens is 358 g/mol. The van der Waals surface area contributed by atoms with Crippen molar-refractivity contribution in [2.24, 2.45) is 11.7 Å². The van der Waals surface area contributed by atoms with E-state index in [-0.39, 0.29) is 5.91 Å². The molecule has 1 amide bonds. The predicted octanol–water partition coefficient (Wildman–Crippen LogP) is 4.45. The summed E-state index contributed by atoms with van der Waals surface area (Å²) in [5.41, 5.74) is 7.43. The van der Waals surface area contributed by atoms with Gasteiger partial charge in [-0.3, -0.25) is 9.69 Å². The predicted molar refractivity (Wildman–Crippen MR) is 119 cm³/mol. The molecule has 3 fully saturated rings. The minimum atomic E-state index is -0.318. The number of benzene rings is 1. The molecule has 2 saturated heterocycles. The van der Waals surface area contributed by atoms with Gasteiger partial charge >= 0.3 is 0 Å². The van der Waals surface area contributed by atoms with Gasteiger partial charge in [0.05, 0.1) is 0 Å². The smallest absolute Gasteiger partial charge is 0.248 e. The molecule has 29 heavy (non-hydrogen) atoms. The lowest BCUT2D eigenvalue weighted by molar-refractivity contribution is 0.1000. The van der Waals surface area contributed by atoms with Gasteiger partial charge in [-0.1, -0.05) is 44.2 Å². The fourth-order valence-corrected chi connectivity index (χ4v) is 6.18. The summed E-state index contributed by atoms with van der Waals surface area (Å²) in [5.74, 6) is 1.27. The summed E-state index contributed by atoms with van der Waals surface area (Å²) in [6.07, 6.45) is 15.2. The average molecular weight is 398 g/mol. The summed E-state index contributed by atoms with van der Waals surface area (Å²) in [6.45, 7) is 3.49. The van der Waals surface area contributed by atoms with Crippen molar-refractivity contribution in [3.8, 4) is 0 Å². The highest BCUT2D eigenvalue weighted by molar-refractivity contribution is 5.92. The number of nitrogens with one attached hydrogen (secondary N) is 1. The summed E-state index contributed by atoms with van der Waals surface area (Å²) < 4.78 is 0. The number of nitrogens with zero attached hydrogens (tertiary/aromatic N) is 1. The Labute approximate surface area is 176 Å². The van der Waals surface area contributed by atoms with Crippen LogP contribution in [0.25, 0.3) is 0 Å². The number of rotatable bonds is 9. The van der Waals surface area contributed by atoms with Crippen molar-refractivity contribution < 1.29 is 4.79 Å². The van der Waals surface area contributed by atoms with Crippen molar-refractivity contribution in [2.75, 3.05) is 19.6 Å². The van der Waals surface area contributed by atoms with E-state index in [1.165, 1.54) is 89.3 Å². The SMILES string of the molecule is NC(=O)c1cccc(C2C[C@H]3CC[C@@H](C2)N3CCNCCCC2CCCCC2)c1. The monoisotopic (exact) mass is 397 g/mol. The Bertz CT molecular complexity index is 656. The van der Waals surface area contributed by atoms with Crippen molar-refractivity contribution in [3.63, 3.8) is 0 Å². The first kappa shape index (κ1) is 20.9. The molecule has 3 N–H and O–H groups in total. The summed E-state index contributed by atoms with van der Waals surface area (Å²) >= 11 is 0. The Hall–Kier alpha value is -1.39. The number of hydrogen-bond donors (Lipinski definition) is 2. The van der Waals surface area contributed by atoms with Gasteiger partial charge in [-0.05, 0) is 74.6 Å². The molecule has 0 radical (unpaired) electrons. The molecule has 4 rings (SSSR count). The fraction of sp³-hybridized carbons (Fsp3) is 0.720. The number of carbonyl (C=O) groups excluding carboxylic acids is 1. The Morgan fingerprint density at radius 3 is 2.52 bits per heavy atom. The van der Waals surface area contributed by atoms with Crippen molar-refractivity contribution in [1.82, 2.24) is 10.2 Å². The van der Waals surface area contributed by atoms with Crippen molar-refractivity contribution >= 4 is 5.91 Å². The highest BCUT2D eigenvalue weighted by Gasteiger charge is 2.40. The normalized spacial score (nSPS) is 27.9. The van der Waals surface area contributed by atoms with Crippen molar-refractivity contribution in [3.05, 3.63) is 35.4 Å². The zero-order valence-corrected chi connectivity index (χ0v) is 18.0. The zero-order chi connectivity index (χ0) is 20.1. The lowest BCUT2D eigenvalue weighted by Gasteiger charge is -2.39. The van der Waals surface area contributed by atoms with E-state index >= 15 is 0 Å². The lowest BCUT2D eigenvalue weighted by atomic mass is 9.84. The molecule has 4 nitrogen and oxygen atoms in total. The third-order valence-electron chi connectivity index (χ3n) is 7.76. The molecular formula is C25H39N3O. The lowest BCUT2D eigenvalue weighted by Crippen LogP contribution is -2.45. The molecule has 3 atom stereocenters.